The molecule has 3 heterocycles. The van der Waals surface area contributed by atoms with E-state index in [1.54, 1.807) is 0 Å². The number of hydrogen-bond donors (Lipinski definition) is 0. The molecule has 252 valence electrons. The van der Waals surface area contributed by atoms with Gasteiger partial charge in [-0.2, -0.15) is 5.10 Å². The molecule has 0 bridgehead atoms. The zero-order valence-corrected chi connectivity index (χ0v) is 29.3. The van der Waals surface area contributed by atoms with E-state index in [1.807, 2.05) is 23.0 Å². The van der Waals surface area contributed by atoms with Crippen LogP contribution in [0.25, 0.3) is 99.3 Å². The molecule has 0 aliphatic rings. The summed E-state index contributed by atoms with van der Waals surface area (Å²) in [6, 6.07) is 67.0. The van der Waals surface area contributed by atoms with E-state index in [4.69, 9.17) is 10.1 Å². The minimum Gasteiger partial charge on any atom is -0.309 e. The van der Waals surface area contributed by atoms with Crippen LogP contribution in [0.15, 0.2) is 194 Å². The molecule has 0 saturated heterocycles. The Hall–Kier alpha value is -7.30. The van der Waals surface area contributed by atoms with Crippen molar-refractivity contribution < 1.29 is 0 Å². The number of rotatable bonds is 5. The SMILES string of the molecule is c1ccc(-c2cc(-c3ccccc3)nc(-c3ccc(-n4c5cc6c(ccc7ccccc76)cc5c5c6cnn(-c7ccccc7)c6ccc54)cc3)c2)cc1. The standard InChI is InChI=1S/C50H32N4/c1-4-12-33(13-5-1)38-29-45(35-15-6-2-7-16-35)52-46(30-38)36-22-24-39(25-23-36)53-48-27-26-47-44(32-51-54(47)40-17-8-3-9-18-40)50(48)43-28-37-21-20-34-14-10-11-19-41(34)42(37)31-49(43)53/h1-32H. The summed E-state index contributed by atoms with van der Waals surface area (Å²) in [5.74, 6) is 0. The molecule has 0 amide bonds. The van der Waals surface area contributed by atoms with E-state index >= 15 is 0 Å². The van der Waals surface area contributed by atoms with Gasteiger partial charge in [0.25, 0.3) is 0 Å². The Morgan fingerprint density at radius 3 is 1.74 bits per heavy atom. The number of nitrogens with zero attached hydrogens (tertiary/aromatic N) is 4. The smallest absolute Gasteiger partial charge is 0.0748 e. The molecule has 11 rings (SSSR count). The van der Waals surface area contributed by atoms with Gasteiger partial charge in [-0.1, -0.05) is 127 Å². The van der Waals surface area contributed by atoms with Gasteiger partial charge in [0, 0.05) is 33.0 Å². The van der Waals surface area contributed by atoms with Crippen LogP contribution in [-0.4, -0.2) is 19.3 Å². The molecule has 0 aliphatic heterocycles. The lowest BCUT2D eigenvalue weighted by molar-refractivity contribution is 0.911. The summed E-state index contributed by atoms with van der Waals surface area (Å²) < 4.78 is 4.46. The molecule has 0 spiro atoms. The molecule has 0 fully saturated rings. The van der Waals surface area contributed by atoms with Crippen molar-refractivity contribution >= 4 is 54.3 Å². The number of benzene rings is 8. The van der Waals surface area contributed by atoms with Crippen LogP contribution >= 0.6 is 0 Å². The predicted molar refractivity (Wildman–Crippen MR) is 225 cm³/mol. The molecule has 8 aromatic carbocycles. The quantitative estimate of drug-likeness (QED) is 0.169. The Bertz CT molecular complexity index is 3120. The molecule has 11 aromatic rings. The van der Waals surface area contributed by atoms with Gasteiger partial charge in [-0.05, 0) is 93.3 Å². The molecule has 4 heteroatoms. The van der Waals surface area contributed by atoms with Gasteiger partial charge in [0.2, 0.25) is 0 Å². The van der Waals surface area contributed by atoms with Gasteiger partial charge in [0.1, 0.15) is 0 Å². The second-order valence-corrected chi connectivity index (χ2v) is 13.9. The van der Waals surface area contributed by atoms with E-state index in [2.05, 4.69) is 180 Å². The third kappa shape index (κ3) is 4.85. The summed E-state index contributed by atoms with van der Waals surface area (Å²) in [5, 5.41) is 13.4. The number of pyridine rings is 1. The van der Waals surface area contributed by atoms with Crippen molar-refractivity contribution in [2.45, 2.75) is 0 Å². The van der Waals surface area contributed by atoms with Gasteiger partial charge in [0.05, 0.1) is 39.8 Å². The minimum atomic E-state index is 0.941. The van der Waals surface area contributed by atoms with Gasteiger partial charge in [-0.3, -0.25) is 0 Å². The first-order valence-corrected chi connectivity index (χ1v) is 18.3. The van der Waals surface area contributed by atoms with Crippen molar-refractivity contribution in [1.29, 1.82) is 0 Å². The van der Waals surface area contributed by atoms with Crippen LogP contribution in [0.2, 0.25) is 0 Å². The Kier molecular flexibility index (Phi) is 6.82. The highest BCUT2D eigenvalue weighted by Crippen LogP contribution is 2.41. The maximum absolute atomic E-state index is 5.20. The van der Waals surface area contributed by atoms with Crippen LogP contribution in [0.3, 0.4) is 0 Å². The molecule has 0 aliphatic carbocycles. The first kappa shape index (κ1) is 30.3. The molecule has 0 N–H and O–H groups in total. The molecule has 4 nitrogen and oxygen atoms in total. The largest absolute Gasteiger partial charge is 0.309 e. The number of fused-ring (bicyclic) bond motifs is 8. The molecular formula is C50H32N4. The number of hydrogen-bond acceptors (Lipinski definition) is 2. The van der Waals surface area contributed by atoms with Gasteiger partial charge in [-0.25, -0.2) is 9.67 Å². The normalized spacial score (nSPS) is 11.7. The molecule has 0 unspecified atom stereocenters. The van der Waals surface area contributed by atoms with E-state index in [0.717, 1.165) is 61.4 Å². The van der Waals surface area contributed by atoms with E-state index in [-0.39, 0.29) is 0 Å². The zero-order valence-electron chi connectivity index (χ0n) is 29.3. The fraction of sp³-hybridized carbons (Fsp3) is 0. The minimum absolute atomic E-state index is 0.941. The van der Waals surface area contributed by atoms with Crippen LogP contribution in [0, 0.1) is 0 Å². The average molecular weight is 689 g/mol. The zero-order chi connectivity index (χ0) is 35.6. The van der Waals surface area contributed by atoms with Crippen LogP contribution < -0.4 is 0 Å². The predicted octanol–water partition coefficient (Wildman–Crippen LogP) is 12.8. The summed E-state index contributed by atoms with van der Waals surface area (Å²) in [6.45, 7) is 0. The highest BCUT2D eigenvalue weighted by Gasteiger charge is 2.19. The lowest BCUT2D eigenvalue weighted by atomic mass is 9.99. The van der Waals surface area contributed by atoms with Crippen LogP contribution in [-0.2, 0) is 0 Å². The summed E-state index contributed by atoms with van der Waals surface area (Å²) in [6.07, 6.45) is 2.03. The van der Waals surface area contributed by atoms with Gasteiger partial charge in [-0.15, -0.1) is 0 Å². The van der Waals surface area contributed by atoms with Crippen LogP contribution in [0.5, 0.6) is 0 Å². The Balaban J connectivity index is 1.13. The van der Waals surface area contributed by atoms with Crippen LogP contribution in [0.4, 0.5) is 0 Å². The highest BCUT2D eigenvalue weighted by atomic mass is 15.3. The fourth-order valence-corrected chi connectivity index (χ4v) is 8.18. The van der Waals surface area contributed by atoms with Crippen molar-refractivity contribution in [1.82, 2.24) is 19.3 Å². The molecule has 54 heavy (non-hydrogen) atoms. The lowest BCUT2D eigenvalue weighted by Crippen LogP contribution is -1.96. The second-order valence-electron chi connectivity index (χ2n) is 13.9. The summed E-state index contributed by atoms with van der Waals surface area (Å²) >= 11 is 0. The van der Waals surface area contributed by atoms with E-state index in [9.17, 15) is 0 Å². The fourth-order valence-electron chi connectivity index (χ4n) is 8.18. The van der Waals surface area contributed by atoms with Gasteiger partial charge in [0.15, 0.2) is 0 Å². The highest BCUT2D eigenvalue weighted by molar-refractivity contribution is 6.24. The summed E-state index contributed by atoms with van der Waals surface area (Å²) in [4.78, 5) is 5.20. The van der Waals surface area contributed by atoms with Crippen molar-refractivity contribution in [3.05, 3.63) is 194 Å². The summed E-state index contributed by atoms with van der Waals surface area (Å²) in [5.41, 5.74) is 11.9. The first-order valence-electron chi connectivity index (χ1n) is 18.3. The Labute approximate surface area is 311 Å². The van der Waals surface area contributed by atoms with Gasteiger partial charge >= 0.3 is 0 Å². The van der Waals surface area contributed by atoms with E-state index < -0.39 is 0 Å². The number of para-hydroxylation sites is 1. The molecular weight excluding hydrogens is 657 g/mol. The molecule has 0 atom stereocenters. The van der Waals surface area contributed by atoms with E-state index in [0.29, 0.717) is 0 Å². The maximum Gasteiger partial charge on any atom is 0.0748 e. The van der Waals surface area contributed by atoms with Crippen molar-refractivity contribution in [3.63, 3.8) is 0 Å². The Morgan fingerprint density at radius 2 is 0.981 bits per heavy atom. The third-order valence-corrected chi connectivity index (χ3v) is 10.8. The van der Waals surface area contributed by atoms with E-state index in [1.165, 1.54) is 37.9 Å². The topological polar surface area (TPSA) is 35.6 Å². The molecule has 0 radical (unpaired) electrons. The van der Waals surface area contributed by atoms with Gasteiger partial charge < -0.3 is 4.57 Å². The maximum atomic E-state index is 5.20. The van der Waals surface area contributed by atoms with Crippen molar-refractivity contribution in [3.8, 4) is 45.0 Å². The summed E-state index contributed by atoms with van der Waals surface area (Å²) in [7, 11) is 0. The Morgan fingerprint density at radius 1 is 0.352 bits per heavy atom. The average Bonchev–Trinajstić information content (AvgIpc) is 3.83. The second kappa shape index (κ2) is 12.1. The third-order valence-electron chi connectivity index (χ3n) is 10.8. The van der Waals surface area contributed by atoms with Crippen molar-refractivity contribution in [2.24, 2.45) is 0 Å². The van der Waals surface area contributed by atoms with Crippen molar-refractivity contribution in [2.75, 3.05) is 0 Å². The van der Waals surface area contributed by atoms with Crippen LogP contribution in [0.1, 0.15) is 0 Å². The molecule has 0 saturated carbocycles. The monoisotopic (exact) mass is 688 g/mol. The number of aromatic nitrogens is 4. The molecule has 3 aromatic heterocycles. The lowest BCUT2D eigenvalue weighted by Gasteiger charge is -2.12. The first-order chi connectivity index (χ1) is 26.8.